The van der Waals surface area contributed by atoms with Crippen LogP contribution in [0.2, 0.25) is 0 Å². The fourth-order valence-corrected chi connectivity index (χ4v) is 3.51. The molecule has 0 unspecified atom stereocenters. The Kier molecular flexibility index (Phi) is 5.69. The number of nitrogens with one attached hydrogen (secondary N) is 1. The van der Waals surface area contributed by atoms with Gasteiger partial charge in [-0.1, -0.05) is 6.07 Å². The molecule has 2 rings (SSSR count). The molecule has 0 saturated carbocycles. The fourth-order valence-electron chi connectivity index (χ4n) is 2.64. The Hall–Kier alpha value is -1.54. The van der Waals surface area contributed by atoms with Gasteiger partial charge in [0.15, 0.2) is 0 Å². The molecular formula is C15H20F2N2O3S. The van der Waals surface area contributed by atoms with E-state index in [0.717, 1.165) is 12.3 Å². The van der Waals surface area contributed by atoms with Crippen molar-refractivity contribution in [2.75, 3.05) is 25.9 Å². The molecule has 1 aliphatic heterocycles. The molecular weight excluding hydrogens is 326 g/mol. The van der Waals surface area contributed by atoms with Crippen molar-refractivity contribution >= 4 is 15.9 Å². The summed E-state index contributed by atoms with van der Waals surface area (Å²) in [6, 6.07) is 3.36. The van der Waals surface area contributed by atoms with Crippen molar-refractivity contribution < 1.29 is 22.0 Å². The van der Waals surface area contributed by atoms with Crippen molar-refractivity contribution in [2.24, 2.45) is 5.92 Å². The minimum Gasteiger partial charge on any atom is -0.356 e. The van der Waals surface area contributed by atoms with E-state index in [1.54, 1.807) is 0 Å². The molecule has 8 heteroatoms. The van der Waals surface area contributed by atoms with Crippen molar-refractivity contribution in [3.8, 4) is 0 Å². The van der Waals surface area contributed by atoms with Gasteiger partial charge in [-0.15, -0.1) is 0 Å². The van der Waals surface area contributed by atoms with Crippen LogP contribution in [0.3, 0.4) is 0 Å². The van der Waals surface area contributed by atoms with Crippen molar-refractivity contribution in [1.29, 1.82) is 0 Å². The van der Waals surface area contributed by atoms with Gasteiger partial charge in [0.05, 0.1) is 6.26 Å². The lowest BCUT2D eigenvalue weighted by atomic mass is 9.97. The first-order valence-corrected chi connectivity index (χ1v) is 9.29. The molecule has 1 saturated heterocycles. The summed E-state index contributed by atoms with van der Waals surface area (Å²) in [4.78, 5) is 12.1. The first-order chi connectivity index (χ1) is 10.8. The maximum absolute atomic E-state index is 13.5. The highest BCUT2D eigenvalue weighted by Crippen LogP contribution is 2.19. The molecule has 23 heavy (non-hydrogen) atoms. The summed E-state index contributed by atoms with van der Waals surface area (Å²) in [5.41, 5.74) is 0.346. The van der Waals surface area contributed by atoms with Crippen LogP contribution in [0.1, 0.15) is 18.4 Å². The molecule has 1 N–H and O–H groups in total. The zero-order valence-electron chi connectivity index (χ0n) is 12.9. The van der Waals surface area contributed by atoms with Gasteiger partial charge in [0.1, 0.15) is 11.6 Å². The van der Waals surface area contributed by atoms with Crippen LogP contribution < -0.4 is 5.32 Å². The predicted molar refractivity (Wildman–Crippen MR) is 82.2 cm³/mol. The topological polar surface area (TPSA) is 66.5 Å². The van der Waals surface area contributed by atoms with E-state index in [1.165, 1.54) is 16.4 Å². The third-order valence-electron chi connectivity index (χ3n) is 4.00. The minimum atomic E-state index is -3.21. The van der Waals surface area contributed by atoms with Crippen LogP contribution >= 0.6 is 0 Å². The van der Waals surface area contributed by atoms with Crippen molar-refractivity contribution in [3.63, 3.8) is 0 Å². The third kappa shape index (κ3) is 4.97. The van der Waals surface area contributed by atoms with E-state index in [0.29, 0.717) is 31.5 Å². The number of carbonyl (C=O) groups is 1. The average molecular weight is 346 g/mol. The molecule has 1 aromatic carbocycles. The van der Waals surface area contributed by atoms with E-state index in [2.05, 4.69) is 5.32 Å². The third-order valence-corrected chi connectivity index (χ3v) is 5.31. The SMILES string of the molecule is CS(=O)(=O)N1CCC(C(=O)NCCc2ccc(F)cc2F)CC1. The highest BCUT2D eigenvalue weighted by atomic mass is 32.2. The Morgan fingerprint density at radius 1 is 1.30 bits per heavy atom. The molecule has 0 aromatic heterocycles. The molecule has 1 aromatic rings. The summed E-state index contributed by atoms with van der Waals surface area (Å²) in [5, 5.41) is 2.73. The lowest BCUT2D eigenvalue weighted by molar-refractivity contribution is -0.126. The van der Waals surface area contributed by atoms with Crippen LogP contribution in [0, 0.1) is 17.6 Å². The number of halogens is 2. The number of carbonyl (C=O) groups excluding carboxylic acids is 1. The van der Waals surface area contributed by atoms with E-state index >= 15 is 0 Å². The van der Waals surface area contributed by atoms with Gasteiger partial charge < -0.3 is 5.32 Å². The van der Waals surface area contributed by atoms with Crippen molar-refractivity contribution in [2.45, 2.75) is 19.3 Å². The largest absolute Gasteiger partial charge is 0.356 e. The second-order valence-corrected chi connectivity index (χ2v) is 7.70. The number of benzene rings is 1. The van der Waals surface area contributed by atoms with Crippen LogP contribution in [-0.4, -0.2) is 44.5 Å². The Morgan fingerprint density at radius 3 is 2.52 bits per heavy atom. The van der Waals surface area contributed by atoms with Gasteiger partial charge in [-0.25, -0.2) is 21.5 Å². The molecule has 5 nitrogen and oxygen atoms in total. The molecule has 0 radical (unpaired) electrons. The number of nitrogens with zero attached hydrogens (tertiary/aromatic N) is 1. The van der Waals surface area contributed by atoms with E-state index < -0.39 is 21.7 Å². The van der Waals surface area contributed by atoms with Crippen LogP contribution in [0.15, 0.2) is 18.2 Å². The number of piperidine rings is 1. The van der Waals surface area contributed by atoms with E-state index in [-0.39, 0.29) is 24.8 Å². The Bertz CT molecular complexity index is 671. The Balaban J connectivity index is 1.78. The van der Waals surface area contributed by atoms with E-state index in [1.807, 2.05) is 0 Å². The number of hydrogen-bond acceptors (Lipinski definition) is 3. The van der Waals surface area contributed by atoms with Gasteiger partial charge >= 0.3 is 0 Å². The van der Waals surface area contributed by atoms with Crippen LogP contribution in [0.25, 0.3) is 0 Å². The first kappa shape index (κ1) is 17.8. The van der Waals surface area contributed by atoms with E-state index in [9.17, 15) is 22.0 Å². The highest BCUT2D eigenvalue weighted by Gasteiger charge is 2.28. The maximum atomic E-state index is 13.5. The van der Waals surface area contributed by atoms with Gasteiger partial charge in [0.25, 0.3) is 0 Å². The lowest BCUT2D eigenvalue weighted by Gasteiger charge is -2.29. The normalized spacial score (nSPS) is 17.2. The fraction of sp³-hybridized carbons (Fsp3) is 0.533. The zero-order chi connectivity index (χ0) is 17.0. The summed E-state index contributed by atoms with van der Waals surface area (Å²) >= 11 is 0. The minimum absolute atomic E-state index is 0.152. The quantitative estimate of drug-likeness (QED) is 0.874. The smallest absolute Gasteiger partial charge is 0.223 e. The Labute approximate surface area is 134 Å². The number of amides is 1. The molecule has 0 aliphatic carbocycles. The van der Waals surface area contributed by atoms with Gasteiger partial charge in [-0.3, -0.25) is 4.79 Å². The zero-order valence-corrected chi connectivity index (χ0v) is 13.7. The molecule has 1 fully saturated rings. The molecule has 1 aliphatic rings. The van der Waals surface area contributed by atoms with Crippen LogP contribution in [0.4, 0.5) is 8.78 Å². The second-order valence-electron chi connectivity index (χ2n) is 5.71. The van der Waals surface area contributed by atoms with Gasteiger partial charge in [0, 0.05) is 31.6 Å². The number of hydrogen-bond donors (Lipinski definition) is 1. The summed E-state index contributed by atoms with van der Waals surface area (Å²) in [6.45, 7) is 0.931. The molecule has 1 amide bonds. The van der Waals surface area contributed by atoms with Crippen molar-refractivity contribution in [3.05, 3.63) is 35.4 Å². The van der Waals surface area contributed by atoms with Gasteiger partial charge in [-0.05, 0) is 30.9 Å². The molecule has 1 heterocycles. The molecule has 0 spiro atoms. The summed E-state index contributed by atoms with van der Waals surface area (Å²) in [5.74, 6) is -1.64. The molecule has 128 valence electrons. The standard InChI is InChI=1S/C15H20F2N2O3S/c1-23(21,22)19-8-5-12(6-9-19)15(20)18-7-4-11-2-3-13(16)10-14(11)17/h2-3,10,12H,4-9H2,1H3,(H,18,20). The van der Waals surface area contributed by atoms with E-state index in [4.69, 9.17) is 0 Å². The average Bonchev–Trinajstić information content (AvgIpc) is 2.48. The number of sulfonamides is 1. The Morgan fingerprint density at radius 2 is 1.96 bits per heavy atom. The lowest BCUT2D eigenvalue weighted by Crippen LogP contribution is -2.42. The summed E-state index contributed by atoms with van der Waals surface area (Å²) < 4.78 is 50.5. The highest BCUT2D eigenvalue weighted by molar-refractivity contribution is 7.88. The maximum Gasteiger partial charge on any atom is 0.223 e. The first-order valence-electron chi connectivity index (χ1n) is 7.44. The van der Waals surface area contributed by atoms with Gasteiger partial charge in [-0.2, -0.15) is 0 Å². The second kappa shape index (κ2) is 7.35. The summed E-state index contributed by atoms with van der Waals surface area (Å²) in [6.07, 6.45) is 2.39. The summed E-state index contributed by atoms with van der Waals surface area (Å²) in [7, 11) is -3.21. The van der Waals surface area contributed by atoms with Crippen LogP contribution in [-0.2, 0) is 21.2 Å². The van der Waals surface area contributed by atoms with Gasteiger partial charge in [0.2, 0.25) is 15.9 Å². The van der Waals surface area contributed by atoms with Crippen LogP contribution in [0.5, 0.6) is 0 Å². The molecule has 0 bridgehead atoms. The monoisotopic (exact) mass is 346 g/mol. The predicted octanol–water partition coefficient (Wildman–Crippen LogP) is 1.30. The number of rotatable bonds is 5. The van der Waals surface area contributed by atoms with Crippen molar-refractivity contribution in [1.82, 2.24) is 9.62 Å². The molecule has 0 atom stereocenters.